The van der Waals surface area contributed by atoms with Crippen LogP contribution in [0, 0.1) is 0 Å². The minimum atomic E-state index is -0.816. The minimum Gasteiger partial charge on any atom is -0.363 e. The molecule has 3 aromatic rings. The first-order chi connectivity index (χ1) is 14.4. The lowest BCUT2D eigenvalue weighted by Gasteiger charge is -2.41. The number of hydrogen-bond donors (Lipinski definition) is 1. The summed E-state index contributed by atoms with van der Waals surface area (Å²) in [6.45, 7) is 5.96. The topological polar surface area (TPSA) is 50.7 Å². The quantitative estimate of drug-likeness (QED) is 0.629. The van der Waals surface area contributed by atoms with E-state index in [9.17, 15) is 4.79 Å². The molecule has 1 amide bonds. The second kappa shape index (κ2) is 7.88. The van der Waals surface area contributed by atoms with Gasteiger partial charge in [-0.05, 0) is 38.5 Å². The highest BCUT2D eigenvalue weighted by atomic mass is 16.5. The molecule has 0 unspecified atom stereocenters. The van der Waals surface area contributed by atoms with Gasteiger partial charge >= 0.3 is 0 Å². The molecule has 4 rings (SSSR count). The van der Waals surface area contributed by atoms with Gasteiger partial charge < -0.3 is 10.1 Å². The van der Waals surface area contributed by atoms with Crippen LogP contribution in [-0.2, 0) is 15.1 Å². The fourth-order valence-electron chi connectivity index (χ4n) is 3.52. The van der Waals surface area contributed by atoms with Gasteiger partial charge in [-0.2, -0.15) is 0 Å². The van der Waals surface area contributed by atoms with Crippen LogP contribution < -0.4 is 5.32 Å². The highest BCUT2D eigenvalue weighted by Gasteiger charge is 2.42. The first kappa shape index (κ1) is 20.0. The zero-order chi connectivity index (χ0) is 21.2. The predicted molar refractivity (Wildman–Crippen MR) is 120 cm³/mol. The molecular formula is C26H26N2O2. The van der Waals surface area contributed by atoms with Gasteiger partial charge in [0.25, 0.3) is 5.91 Å². The number of hydrogen-bond acceptors (Lipinski definition) is 3. The molecule has 1 fully saturated rings. The Bertz CT molecular complexity index is 1030. The predicted octanol–water partition coefficient (Wildman–Crippen LogP) is 5.00. The van der Waals surface area contributed by atoms with Crippen LogP contribution >= 0.6 is 0 Å². The first-order valence-corrected chi connectivity index (χ1v) is 10.1. The maximum Gasteiger partial charge on any atom is 0.252 e. The third-order valence-corrected chi connectivity index (χ3v) is 5.48. The van der Waals surface area contributed by atoms with Gasteiger partial charge in [0.15, 0.2) is 0 Å². The normalized spacial score (nSPS) is 20.3. The molecule has 1 saturated heterocycles. The van der Waals surface area contributed by atoms with Gasteiger partial charge in [-0.15, -0.1) is 0 Å². The molecule has 30 heavy (non-hydrogen) atoms. The lowest BCUT2D eigenvalue weighted by atomic mass is 9.89. The minimum absolute atomic E-state index is 0.112. The van der Waals surface area contributed by atoms with Crippen LogP contribution in [0.5, 0.6) is 0 Å². The lowest BCUT2D eigenvalue weighted by Crippen LogP contribution is -2.60. The molecular weight excluding hydrogens is 372 g/mol. The second-order valence-corrected chi connectivity index (χ2v) is 8.33. The summed E-state index contributed by atoms with van der Waals surface area (Å²) in [5.74, 6) is -0.112. The fraction of sp³-hybridized carbons (Fsp3) is 0.231. The van der Waals surface area contributed by atoms with Crippen molar-refractivity contribution in [3.8, 4) is 0 Å². The number of carbonyl (C=O) groups is 1. The number of nitrogens with zero attached hydrogens (tertiary/aromatic N) is 1. The highest BCUT2D eigenvalue weighted by Crippen LogP contribution is 2.31. The molecule has 0 radical (unpaired) electrons. The van der Waals surface area contributed by atoms with E-state index in [4.69, 9.17) is 9.73 Å². The zero-order valence-electron chi connectivity index (χ0n) is 17.6. The number of nitrogens with one attached hydrogen (secondary N) is 1. The molecule has 0 spiro atoms. The van der Waals surface area contributed by atoms with E-state index in [-0.39, 0.29) is 5.91 Å². The summed E-state index contributed by atoms with van der Waals surface area (Å²) in [5, 5.41) is 3.13. The van der Waals surface area contributed by atoms with Gasteiger partial charge in [0, 0.05) is 11.1 Å². The Balaban J connectivity index is 1.74. The van der Waals surface area contributed by atoms with Crippen LogP contribution in [0.1, 0.15) is 37.5 Å². The summed E-state index contributed by atoms with van der Waals surface area (Å²) in [6, 6.07) is 28.3. The third-order valence-electron chi connectivity index (χ3n) is 5.48. The SMILES string of the molecule is CC1(C)OC[C@@](C)(c2cccc(N=C(c3ccccc3)c3ccccc3)c2)NC1=O. The smallest absolute Gasteiger partial charge is 0.252 e. The molecule has 1 aliphatic heterocycles. The second-order valence-electron chi connectivity index (χ2n) is 8.33. The summed E-state index contributed by atoms with van der Waals surface area (Å²) < 4.78 is 5.86. The van der Waals surface area contributed by atoms with E-state index in [2.05, 4.69) is 29.6 Å². The van der Waals surface area contributed by atoms with Crippen molar-refractivity contribution in [2.45, 2.75) is 31.9 Å². The summed E-state index contributed by atoms with van der Waals surface area (Å²) in [4.78, 5) is 17.5. The average Bonchev–Trinajstić information content (AvgIpc) is 2.77. The number of aliphatic imine (C=N–C) groups is 1. The Labute approximate surface area is 177 Å². The van der Waals surface area contributed by atoms with E-state index in [0.717, 1.165) is 28.1 Å². The maximum absolute atomic E-state index is 12.5. The molecule has 3 aromatic carbocycles. The number of carbonyl (C=O) groups excluding carboxylic acids is 1. The highest BCUT2D eigenvalue weighted by molar-refractivity contribution is 6.13. The van der Waals surface area contributed by atoms with Crippen molar-refractivity contribution in [1.29, 1.82) is 0 Å². The molecule has 4 heteroatoms. The van der Waals surface area contributed by atoms with Crippen LogP contribution in [0.2, 0.25) is 0 Å². The van der Waals surface area contributed by atoms with E-state index in [1.165, 1.54) is 0 Å². The number of amides is 1. The molecule has 0 bridgehead atoms. The molecule has 0 aromatic heterocycles. The van der Waals surface area contributed by atoms with Crippen molar-refractivity contribution < 1.29 is 9.53 Å². The zero-order valence-corrected chi connectivity index (χ0v) is 17.6. The van der Waals surface area contributed by atoms with E-state index < -0.39 is 11.1 Å². The Morgan fingerprint density at radius 2 is 1.47 bits per heavy atom. The monoisotopic (exact) mass is 398 g/mol. The van der Waals surface area contributed by atoms with Gasteiger partial charge in [-0.1, -0.05) is 72.8 Å². The van der Waals surface area contributed by atoms with Crippen molar-refractivity contribution in [1.82, 2.24) is 5.32 Å². The Morgan fingerprint density at radius 3 is 2.03 bits per heavy atom. The Morgan fingerprint density at radius 1 is 0.867 bits per heavy atom. The molecule has 1 N–H and O–H groups in total. The molecule has 1 atom stereocenters. The average molecular weight is 399 g/mol. The summed E-state index contributed by atoms with van der Waals surface area (Å²) >= 11 is 0. The van der Waals surface area contributed by atoms with E-state index in [0.29, 0.717) is 6.61 Å². The number of rotatable bonds is 4. The molecule has 4 nitrogen and oxygen atoms in total. The molecule has 0 saturated carbocycles. The van der Waals surface area contributed by atoms with Crippen LogP contribution in [0.15, 0.2) is 89.9 Å². The van der Waals surface area contributed by atoms with Gasteiger partial charge in [-0.25, -0.2) is 4.99 Å². The van der Waals surface area contributed by atoms with Crippen molar-refractivity contribution in [3.05, 3.63) is 102 Å². The molecule has 1 aliphatic rings. The molecule has 0 aliphatic carbocycles. The van der Waals surface area contributed by atoms with Crippen LogP contribution in [-0.4, -0.2) is 23.8 Å². The molecule has 1 heterocycles. The summed E-state index contributed by atoms with van der Waals surface area (Å²) in [5.41, 5.74) is 3.39. The lowest BCUT2D eigenvalue weighted by molar-refractivity contribution is -0.159. The molecule has 152 valence electrons. The van der Waals surface area contributed by atoms with E-state index in [1.54, 1.807) is 13.8 Å². The first-order valence-electron chi connectivity index (χ1n) is 10.1. The Kier molecular flexibility index (Phi) is 5.27. The standard InChI is InChI=1S/C26H26N2O2/c1-25(2)24(29)28-26(3,18-30-25)21-15-10-16-22(17-21)27-23(19-11-6-4-7-12-19)20-13-8-5-9-14-20/h4-17H,18H2,1-3H3,(H,28,29)/t26-/m0/s1. The number of benzene rings is 3. The van der Waals surface area contributed by atoms with Crippen LogP contribution in [0.4, 0.5) is 5.69 Å². The number of ether oxygens (including phenoxy) is 1. The third kappa shape index (κ3) is 4.05. The maximum atomic E-state index is 12.5. The van der Waals surface area contributed by atoms with Gasteiger partial charge in [0.1, 0.15) is 5.60 Å². The van der Waals surface area contributed by atoms with Crippen molar-refractivity contribution >= 4 is 17.3 Å². The van der Waals surface area contributed by atoms with Gasteiger partial charge in [0.05, 0.1) is 23.5 Å². The van der Waals surface area contributed by atoms with Crippen molar-refractivity contribution in [3.63, 3.8) is 0 Å². The number of morpholine rings is 1. The van der Waals surface area contributed by atoms with E-state index >= 15 is 0 Å². The van der Waals surface area contributed by atoms with Crippen molar-refractivity contribution in [2.24, 2.45) is 4.99 Å². The van der Waals surface area contributed by atoms with Gasteiger partial charge in [0.2, 0.25) is 0 Å². The van der Waals surface area contributed by atoms with E-state index in [1.807, 2.05) is 67.6 Å². The summed E-state index contributed by atoms with van der Waals surface area (Å²) in [6.07, 6.45) is 0. The van der Waals surface area contributed by atoms with Crippen molar-refractivity contribution in [2.75, 3.05) is 6.61 Å². The van der Waals surface area contributed by atoms with Crippen LogP contribution in [0.25, 0.3) is 0 Å². The summed E-state index contributed by atoms with van der Waals surface area (Å²) in [7, 11) is 0. The van der Waals surface area contributed by atoms with Crippen LogP contribution in [0.3, 0.4) is 0 Å². The fourth-order valence-corrected chi connectivity index (χ4v) is 3.52. The van der Waals surface area contributed by atoms with Gasteiger partial charge in [-0.3, -0.25) is 4.79 Å². The largest absolute Gasteiger partial charge is 0.363 e. The Hall–Kier alpha value is -3.24.